The van der Waals surface area contributed by atoms with Crippen molar-refractivity contribution >= 4 is 53.2 Å². The summed E-state index contributed by atoms with van der Waals surface area (Å²) in [6, 6.07) is 1.73. The summed E-state index contributed by atoms with van der Waals surface area (Å²) in [6.07, 6.45) is 3.13. The summed E-state index contributed by atoms with van der Waals surface area (Å²) in [7, 11) is -3.32. The summed E-state index contributed by atoms with van der Waals surface area (Å²) >= 11 is 8.28. The van der Waals surface area contributed by atoms with E-state index in [1.165, 1.54) is 11.3 Å². The quantitative estimate of drug-likeness (QED) is 0.676. The van der Waals surface area contributed by atoms with E-state index in [4.69, 9.17) is 0 Å². The van der Waals surface area contributed by atoms with E-state index in [9.17, 15) is 8.42 Å². The fourth-order valence-corrected chi connectivity index (χ4v) is 7.05. The van der Waals surface area contributed by atoms with Crippen LogP contribution in [0.4, 0.5) is 0 Å². The van der Waals surface area contributed by atoms with Crippen molar-refractivity contribution in [2.45, 2.75) is 31.1 Å². The second-order valence-electron chi connectivity index (χ2n) is 4.82. The Labute approximate surface area is 135 Å². The molecule has 108 valence electrons. The molecule has 1 fully saturated rings. The Morgan fingerprint density at radius 3 is 2.84 bits per heavy atom. The highest BCUT2D eigenvalue weighted by molar-refractivity contribution is 9.11. The number of aryl methyl sites for hydroxylation is 1. The summed E-state index contributed by atoms with van der Waals surface area (Å²) < 4.78 is 27.9. The second-order valence-corrected chi connectivity index (χ2v) is 10.2. The van der Waals surface area contributed by atoms with Gasteiger partial charge in [-0.05, 0) is 54.1 Å². The van der Waals surface area contributed by atoms with Crippen LogP contribution in [-0.2, 0) is 10.0 Å². The standard InChI is InChI=1S/C12H17Br2NO2S2/c1-9-11(7-12(14)18-9)19(16,17)15-6-2-3-10(8-15)4-5-13/h7,10H,2-6,8H2,1H3. The van der Waals surface area contributed by atoms with E-state index in [0.29, 0.717) is 23.9 Å². The smallest absolute Gasteiger partial charge is 0.207 e. The Kier molecular flexibility index (Phi) is 5.50. The van der Waals surface area contributed by atoms with Crippen molar-refractivity contribution in [3.63, 3.8) is 0 Å². The summed E-state index contributed by atoms with van der Waals surface area (Å²) in [4.78, 5) is 1.32. The van der Waals surface area contributed by atoms with E-state index >= 15 is 0 Å². The van der Waals surface area contributed by atoms with Crippen LogP contribution in [-0.4, -0.2) is 31.1 Å². The van der Waals surface area contributed by atoms with Gasteiger partial charge in [0.25, 0.3) is 0 Å². The first-order valence-corrected chi connectivity index (χ1v) is 10.4. The molecule has 0 amide bonds. The van der Waals surface area contributed by atoms with Gasteiger partial charge in [-0.1, -0.05) is 15.9 Å². The fourth-order valence-electron chi connectivity index (χ4n) is 2.46. The minimum absolute atomic E-state index is 0.462. The van der Waals surface area contributed by atoms with Gasteiger partial charge in [-0.25, -0.2) is 8.42 Å². The van der Waals surface area contributed by atoms with Gasteiger partial charge < -0.3 is 0 Å². The average Bonchev–Trinajstić information content (AvgIpc) is 2.70. The maximum absolute atomic E-state index is 12.7. The molecule has 2 rings (SSSR count). The van der Waals surface area contributed by atoms with Crippen LogP contribution in [0.25, 0.3) is 0 Å². The number of hydrogen-bond donors (Lipinski definition) is 0. The predicted molar refractivity (Wildman–Crippen MR) is 86.6 cm³/mol. The largest absolute Gasteiger partial charge is 0.244 e. The SMILES string of the molecule is Cc1sc(Br)cc1S(=O)(=O)N1CCCC(CCBr)C1. The van der Waals surface area contributed by atoms with E-state index in [2.05, 4.69) is 31.9 Å². The molecule has 0 spiro atoms. The number of rotatable bonds is 4. The highest BCUT2D eigenvalue weighted by Crippen LogP contribution is 2.33. The Balaban J connectivity index is 2.22. The van der Waals surface area contributed by atoms with Gasteiger partial charge in [0, 0.05) is 23.3 Å². The van der Waals surface area contributed by atoms with Gasteiger partial charge in [0.2, 0.25) is 10.0 Å². The molecule has 1 aliphatic rings. The minimum Gasteiger partial charge on any atom is -0.207 e. The summed E-state index contributed by atoms with van der Waals surface area (Å²) in [5, 5.41) is 0.939. The van der Waals surface area contributed by atoms with Crippen molar-refractivity contribution in [2.75, 3.05) is 18.4 Å². The molecule has 1 aliphatic heterocycles. The zero-order valence-corrected chi connectivity index (χ0v) is 15.5. The van der Waals surface area contributed by atoms with Crippen LogP contribution >= 0.6 is 43.2 Å². The van der Waals surface area contributed by atoms with E-state index in [0.717, 1.165) is 33.3 Å². The molecule has 0 saturated carbocycles. The number of piperidine rings is 1. The molecule has 1 unspecified atom stereocenters. The molecule has 0 N–H and O–H groups in total. The van der Waals surface area contributed by atoms with Gasteiger partial charge in [0.05, 0.1) is 8.68 Å². The maximum Gasteiger partial charge on any atom is 0.244 e. The van der Waals surface area contributed by atoms with Crippen LogP contribution in [0.5, 0.6) is 0 Å². The second kappa shape index (κ2) is 6.56. The molecule has 1 aromatic heterocycles. The lowest BCUT2D eigenvalue weighted by Gasteiger charge is -2.31. The number of alkyl halides is 1. The van der Waals surface area contributed by atoms with Crippen LogP contribution < -0.4 is 0 Å². The van der Waals surface area contributed by atoms with Crippen molar-refractivity contribution in [2.24, 2.45) is 5.92 Å². The number of nitrogens with zero attached hydrogens (tertiary/aromatic N) is 1. The molecule has 7 heteroatoms. The van der Waals surface area contributed by atoms with Crippen LogP contribution in [0.3, 0.4) is 0 Å². The van der Waals surface area contributed by atoms with Gasteiger partial charge in [-0.15, -0.1) is 11.3 Å². The van der Waals surface area contributed by atoms with Crippen LogP contribution in [0.2, 0.25) is 0 Å². The van der Waals surface area contributed by atoms with E-state index in [1.54, 1.807) is 10.4 Å². The summed E-state index contributed by atoms with van der Waals surface area (Å²) in [5.74, 6) is 0.477. The lowest BCUT2D eigenvalue weighted by atomic mass is 9.97. The summed E-state index contributed by atoms with van der Waals surface area (Å²) in [5.41, 5.74) is 0. The zero-order chi connectivity index (χ0) is 14.0. The number of thiophene rings is 1. The Morgan fingerprint density at radius 1 is 1.53 bits per heavy atom. The lowest BCUT2D eigenvalue weighted by Crippen LogP contribution is -2.40. The molecular formula is C12H17Br2NO2S2. The molecule has 1 aromatic rings. The zero-order valence-electron chi connectivity index (χ0n) is 10.7. The molecule has 0 aromatic carbocycles. The molecule has 2 heterocycles. The third-order valence-corrected chi connectivity index (χ3v) is 7.59. The molecular weight excluding hydrogens is 414 g/mol. The van der Waals surface area contributed by atoms with E-state index < -0.39 is 10.0 Å². The molecule has 3 nitrogen and oxygen atoms in total. The first-order valence-electron chi connectivity index (χ1n) is 6.27. The Hall–Kier alpha value is 0.570. The highest BCUT2D eigenvalue weighted by Gasteiger charge is 2.31. The third kappa shape index (κ3) is 3.61. The van der Waals surface area contributed by atoms with Crippen molar-refractivity contribution in [1.82, 2.24) is 4.31 Å². The minimum atomic E-state index is -3.32. The molecule has 0 bridgehead atoms. The number of halogens is 2. The van der Waals surface area contributed by atoms with Gasteiger partial charge in [0.15, 0.2) is 0 Å². The third-order valence-electron chi connectivity index (χ3n) is 3.46. The molecule has 1 saturated heterocycles. The fraction of sp³-hybridized carbons (Fsp3) is 0.667. The van der Waals surface area contributed by atoms with Gasteiger partial charge in [-0.3, -0.25) is 0 Å². The maximum atomic E-state index is 12.7. The van der Waals surface area contributed by atoms with Crippen molar-refractivity contribution < 1.29 is 8.42 Å². The topological polar surface area (TPSA) is 37.4 Å². The van der Waals surface area contributed by atoms with E-state index in [1.807, 2.05) is 6.92 Å². The first-order chi connectivity index (χ1) is 8.95. The van der Waals surface area contributed by atoms with E-state index in [-0.39, 0.29) is 0 Å². The van der Waals surface area contributed by atoms with Crippen molar-refractivity contribution in [1.29, 1.82) is 0 Å². The summed E-state index contributed by atoms with van der Waals surface area (Å²) in [6.45, 7) is 3.16. The molecule has 1 atom stereocenters. The van der Waals surface area contributed by atoms with Gasteiger partial charge in [0.1, 0.15) is 0 Å². The van der Waals surface area contributed by atoms with Gasteiger partial charge in [-0.2, -0.15) is 4.31 Å². The highest BCUT2D eigenvalue weighted by atomic mass is 79.9. The Morgan fingerprint density at radius 2 is 2.26 bits per heavy atom. The van der Waals surface area contributed by atoms with Crippen molar-refractivity contribution in [3.05, 3.63) is 14.7 Å². The van der Waals surface area contributed by atoms with Crippen LogP contribution in [0.1, 0.15) is 24.1 Å². The first kappa shape index (κ1) is 15.9. The normalized spacial score (nSPS) is 21.7. The van der Waals surface area contributed by atoms with Gasteiger partial charge >= 0.3 is 0 Å². The molecule has 19 heavy (non-hydrogen) atoms. The monoisotopic (exact) mass is 429 g/mol. The predicted octanol–water partition coefficient (Wildman–Crippen LogP) is 4.00. The number of sulfonamides is 1. The Bertz CT molecular complexity index is 540. The van der Waals surface area contributed by atoms with Crippen LogP contribution in [0.15, 0.2) is 14.7 Å². The average molecular weight is 431 g/mol. The molecule has 0 radical (unpaired) electrons. The lowest BCUT2D eigenvalue weighted by molar-refractivity contribution is 0.263. The number of hydrogen-bond acceptors (Lipinski definition) is 3. The van der Waals surface area contributed by atoms with Crippen LogP contribution in [0, 0.1) is 12.8 Å². The van der Waals surface area contributed by atoms with Crippen molar-refractivity contribution in [3.8, 4) is 0 Å². The molecule has 0 aliphatic carbocycles.